The van der Waals surface area contributed by atoms with Crippen molar-refractivity contribution in [3.05, 3.63) is 0 Å². The molecular weight excluding hydrogens is 298 g/mol. The SMILES string of the molecule is CC(C)(C)OC(=O)N1C(CC(F)(F)C(O)CN)COC1(C)C. The van der Waals surface area contributed by atoms with Gasteiger partial charge in [0, 0.05) is 13.0 Å². The molecule has 0 bridgehead atoms. The lowest BCUT2D eigenvalue weighted by molar-refractivity contribution is -0.120. The van der Waals surface area contributed by atoms with Crippen molar-refractivity contribution in [2.24, 2.45) is 5.73 Å². The Kier molecular flexibility index (Phi) is 5.42. The third kappa shape index (κ3) is 4.50. The molecule has 2 unspecified atom stereocenters. The molecule has 0 aromatic rings. The summed E-state index contributed by atoms with van der Waals surface area (Å²) in [5, 5.41) is 9.34. The van der Waals surface area contributed by atoms with Crippen LogP contribution < -0.4 is 5.73 Å². The van der Waals surface area contributed by atoms with Crippen molar-refractivity contribution in [2.75, 3.05) is 13.2 Å². The number of carbonyl (C=O) groups excluding carboxylic acids is 1. The highest BCUT2D eigenvalue weighted by Crippen LogP contribution is 2.35. The number of hydrogen-bond donors (Lipinski definition) is 2. The second-order valence-corrected chi connectivity index (χ2v) is 6.98. The molecule has 0 spiro atoms. The van der Waals surface area contributed by atoms with Crippen LogP contribution in [0.4, 0.5) is 13.6 Å². The van der Waals surface area contributed by atoms with Gasteiger partial charge in [0.1, 0.15) is 17.4 Å². The van der Waals surface area contributed by atoms with Crippen LogP contribution in [0.5, 0.6) is 0 Å². The molecule has 1 aliphatic rings. The largest absolute Gasteiger partial charge is 0.444 e. The number of carbonyl (C=O) groups is 1. The minimum Gasteiger partial charge on any atom is -0.444 e. The second-order valence-electron chi connectivity index (χ2n) is 6.98. The smallest absolute Gasteiger partial charge is 0.412 e. The van der Waals surface area contributed by atoms with Gasteiger partial charge in [0.2, 0.25) is 0 Å². The summed E-state index contributed by atoms with van der Waals surface area (Å²) in [5.74, 6) is -3.41. The first-order valence-electron chi connectivity index (χ1n) is 7.22. The normalized spacial score (nSPS) is 23.5. The lowest BCUT2D eigenvalue weighted by Crippen LogP contribution is -2.52. The molecular formula is C14H26F2N2O4. The first-order valence-corrected chi connectivity index (χ1v) is 7.22. The highest BCUT2D eigenvalue weighted by atomic mass is 19.3. The van der Waals surface area contributed by atoms with Crippen molar-refractivity contribution >= 4 is 6.09 Å². The maximum absolute atomic E-state index is 13.9. The van der Waals surface area contributed by atoms with E-state index in [1.165, 1.54) is 0 Å². The van der Waals surface area contributed by atoms with Gasteiger partial charge >= 0.3 is 6.09 Å². The molecule has 1 rings (SSSR count). The number of nitrogens with two attached hydrogens (primary N) is 1. The molecule has 0 aliphatic carbocycles. The maximum atomic E-state index is 13.9. The summed E-state index contributed by atoms with van der Waals surface area (Å²) in [4.78, 5) is 13.5. The fraction of sp³-hybridized carbons (Fsp3) is 0.929. The van der Waals surface area contributed by atoms with E-state index in [1.54, 1.807) is 34.6 Å². The molecule has 0 aromatic heterocycles. The standard InChI is InChI=1S/C14H26F2N2O4/c1-12(2,3)22-11(20)18-9(8-21-13(18,4)5)6-14(15,16)10(19)7-17/h9-10,19H,6-8,17H2,1-5H3. The molecule has 1 amide bonds. The van der Waals surface area contributed by atoms with Gasteiger partial charge in [-0.15, -0.1) is 0 Å². The third-order valence-electron chi connectivity index (χ3n) is 3.38. The number of hydrogen-bond acceptors (Lipinski definition) is 5. The molecule has 1 heterocycles. The Labute approximate surface area is 129 Å². The zero-order chi connectivity index (χ0) is 17.3. The zero-order valence-corrected chi connectivity index (χ0v) is 13.7. The minimum absolute atomic E-state index is 0.0564. The van der Waals surface area contributed by atoms with Crippen LogP contribution in [0.25, 0.3) is 0 Å². The van der Waals surface area contributed by atoms with E-state index in [1.807, 2.05) is 0 Å². The van der Waals surface area contributed by atoms with Crippen LogP contribution in [-0.4, -0.2) is 58.6 Å². The van der Waals surface area contributed by atoms with Crippen LogP contribution in [0.15, 0.2) is 0 Å². The molecule has 1 aliphatic heterocycles. The fourth-order valence-corrected chi connectivity index (χ4v) is 2.34. The Balaban J connectivity index is 2.92. The number of amides is 1. The summed E-state index contributed by atoms with van der Waals surface area (Å²) in [5.41, 5.74) is 3.29. The molecule has 1 saturated heterocycles. The van der Waals surface area contributed by atoms with E-state index >= 15 is 0 Å². The molecule has 1 fully saturated rings. The summed E-state index contributed by atoms with van der Waals surface area (Å²) < 4.78 is 38.6. The van der Waals surface area contributed by atoms with Crippen LogP contribution in [0.1, 0.15) is 41.0 Å². The zero-order valence-electron chi connectivity index (χ0n) is 13.7. The molecule has 3 N–H and O–H groups in total. The quantitative estimate of drug-likeness (QED) is 0.822. The monoisotopic (exact) mass is 324 g/mol. The summed E-state index contributed by atoms with van der Waals surface area (Å²) in [7, 11) is 0. The number of alkyl halides is 2. The lowest BCUT2D eigenvalue weighted by Gasteiger charge is -2.36. The molecule has 8 heteroatoms. The Morgan fingerprint density at radius 2 is 2.05 bits per heavy atom. The Morgan fingerprint density at radius 3 is 2.50 bits per heavy atom. The molecule has 130 valence electrons. The van der Waals surface area contributed by atoms with E-state index in [2.05, 4.69) is 0 Å². The highest BCUT2D eigenvalue weighted by Gasteiger charge is 2.50. The first kappa shape index (κ1) is 19.1. The number of nitrogens with zero attached hydrogens (tertiary/aromatic N) is 1. The van der Waals surface area contributed by atoms with E-state index in [0.29, 0.717) is 0 Å². The predicted octanol–water partition coefficient (Wildman–Crippen LogP) is 1.70. The second kappa shape index (κ2) is 6.25. The van der Waals surface area contributed by atoms with Crippen molar-refractivity contribution in [1.82, 2.24) is 4.90 Å². The molecule has 0 aromatic carbocycles. The van der Waals surface area contributed by atoms with Crippen molar-refractivity contribution in [1.29, 1.82) is 0 Å². The van der Waals surface area contributed by atoms with Crippen molar-refractivity contribution in [2.45, 2.75) is 70.4 Å². The van der Waals surface area contributed by atoms with Crippen LogP contribution in [0.2, 0.25) is 0 Å². The number of rotatable bonds is 4. The summed E-state index contributed by atoms with van der Waals surface area (Å²) >= 11 is 0. The van der Waals surface area contributed by atoms with E-state index in [-0.39, 0.29) is 6.61 Å². The molecule has 22 heavy (non-hydrogen) atoms. The van der Waals surface area contributed by atoms with Gasteiger partial charge in [-0.3, -0.25) is 4.90 Å². The minimum atomic E-state index is -3.41. The maximum Gasteiger partial charge on any atom is 0.412 e. The average Bonchev–Trinajstić information content (AvgIpc) is 2.60. The lowest BCUT2D eigenvalue weighted by atomic mass is 10.0. The van der Waals surface area contributed by atoms with Crippen molar-refractivity contribution < 1.29 is 28.2 Å². The van der Waals surface area contributed by atoms with Gasteiger partial charge in [-0.25, -0.2) is 13.6 Å². The van der Waals surface area contributed by atoms with Crippen LogP contribution in [0.3, 0.4) is 0 Å². The van der Waals surface area contributed by atoms with Crippen LogP contribution in [-0.2, 0) is 9.47 Å². The topological polar surface area (TPSA) is 85.0 Å². The number of halogens is 2. The van der Waals surface area contributed by atoms with Gasteiger partial charge in [-0.05, 0) is 34.6 Å². The summed E-state index contributed by atoms with van der Waals surface area (Å²) in [6, 6.07) is -0.902. The third-order valence-corrected chi connectivity index (χ3v) is 3.38. The van der Waals surface area contributed by atoms with Gasteiger partial charge in [0.05, 0.1) is 12.6 Å². The van der Waals surface area contributed by atoms with Gasteiger partial charge in [0.25, 0.3) is 5.92 Å². The predicted molar refractivity (Wildman–Crippen MR) is 76.5 cm³/mol. The molecule has 6 nitrogen and oxygen atoms in total. The van der Waals surface area contributed by atoms with Crippen LogP contribution in [0, 0.1) is 0 Å². The molecule has 2 atom stereocenters. The number of aliphatic hydroxyl groups excluding tert-OH is 1. The first-order chi connectivity index (χ1) is 9.80. The van der Waals surface area contributed by atoms with Crippen LogP contribution >= 0.6 is 0 Å². The van der Waals surface area contributed by atoms with Crippen molar-refractivity contribution in [3.63, 3.8) is 0 Å². The average molecular weight is 324 g/mol. The van der Waals surface area contributed by atoms with Gasteiger partial charge in [0.15, 0.2) is 0 Å². The molecule has 0 radical (unpaired) electrons. The number of ether oxygens (including phenoxy) is 2. The van der Waals surface area contributed by atoms with E-state index < -0.39 is 48.5 Å². The van der Waals surface area contributed by atoms with E-state index in [4.69, 9.17) is 15.2 Å². The Hall–Kier alpha value is -0.990. The van der Waals surface area contributed by atoms with Gasteiger partial charge < -0.3 is 20.3 Å². The Bertz CT molecular complexity index is 410. The van der Waals surface area contributed by atoms with E-state index in [9.17, 15) is 18.7 Å². The summed E-state index contributed by atoms with van der Waals surface area (Å²) in [6.07, 6.45) is -3.43. The fourth-order valence-electron chi connectivity index (χ4n) is 2.34. The van der Waals surface area contributed by atoms with Gasteiger partial charge in [-0.2, -0.15) is 0 Å². The molecule has 0 saturated carbocycles. The Morgan fingerprint density at radius 1 is 1.50 bits per heavy atom. The van der Waals surface area contributed by atoms with Crippen molar-refractivity contribution in [3.8, 4) is 0 Å². The van der Waals surface area contributed by atoms with Gasteiger partial charge in [-0.1, -0.05) is 0 Å². The number of aliphatic hydroxyl groups is 1. The highest BCUT2D eigenvalue weighted by molar-refractivity contribution is 5.69. The van der Waals surface area contributed by atoms with E-state index in [0.717, 1.165) is 4.90 Å². The summed E-state index contributed by atoms with van der Waals surface area (Å²) in [6.45, 7) is 7.67.